The molecule has 3 heteroatoms. The molecule has 0 aromatic carbocycles. The fourth-order valence-electron chi connectivity index (χ4n) is 0.481. The molecular weight excluding hydrogens is 130 g/mol. The van der Waals surface area contributed by atoms with E-state index in [1.807, 2.05) is 0 Å². The van der Waals surface area contributed by atoms with Crippen LogP contribution in [0.5, 0.6) is 0 Å². The molecule has 0 aromatic heterocycles. The second-order valence-corrected chi connectivity index (χ2v) is 1.85. The van der Waals surface area contributed by atoms with Crippen molar-refractivity contribution in [2.75, 3.05) is 6.61 Å². The van der Waals surface area contributed by atoms with Crippen LogP contribution in [0.25, 0.3) is 0 Å². The highest BCUT2D eigenvalue weighted by molar-refractivity contribution is 5.72. The maximum atomic E-state index is 10.7. The fraction of sp³-hybridized carbons (Fsp3) is 0.571. The van der Waals surface area contributed by atoms with E-state index in [2.05, 4.69) is 4.74 Å². The monoisotopic (exact) mass is 143 g/mol. The Bertz CT molecular complexity index is 141. The van der Waals surface area contributed by atoms with Gasteiger partial charge in [-0.2, -0.15) is 0 Å². The molecule has 0 unspecified atom stereocenters. The largest absolute Gasteiger partial charge is 0.466 e. The smallest absolute Gasteiger partial charge is 0.311 e. The van der Waals surface area contributed by atoms with Crippen molar-refractivity contribution in [1.82, 2.24) is 0 Å². The minimum absolute atomic E-state index is 0.199. The third-order valence-corrected chi connectivity index (χ3v) is 1.02. The van der Waals surface area contributed by atoms with Crippen molar-refractivity contribution in [3.8, 4) is 0 Å². The summed E-state index contributed by atoms with van der Waals surface area (Å²) >= 11 is 0. The molecule has 0 aliphatic heterocycles. The molecule has 0 amide bonds. The molecular formula is C7H13NO2. The van der Waals surface area contributed by atoms with Crippen LogP contribution in [0, 0.1) is 0 Å². The number of esters is 1. The van der Waals surface area contributed by atoms with Crippen LogP contribution in [0.3, 0.4) is 0 Å². The summed E-state index contributed by atoms with van der Waals surface area (Å²) in [5.41, 5.74) is 5.92. The number of hydrogen-bond acceptors (Lipinski definition) is 3. The summed E-state index contributed by atoms with van der Waals surface area (Å²) < 4.78 is 4.65. The lowest BCUT2D eigenvalue weighted by Gasteiger charge is -1.99. The molecule has 0 aliphatic carbocycles. The summed E-state index contributed by atoms with van der Waals surface area (Å²) in [5, 5.41) is 0. The first-order valence-corrected chi connectivity index (χ1v) is 3.27. The van der Waals surface area contributed by atoms with E-state index < -0.39 is 0 Å². The Labute approximate surface area is 60.9 Å². The summed E-state index contributed by atoms with van der Waals surface area (Å²) in [6.45, 7) is 3.97. The second kappa shape index (κ2) is 4.85. The molecule has 0 bridgehead atoms. The summed E-state index contributed by atoms with van der Waals surface area (Å²) in [7, 11) is 0. The van der Waals surface area contributed by atoms with E-state index in [9.17, 15) is 4.79 Å². The van der Waals surface area contributed by atoms with E-state index in [1.165, 1.54) is 0 Å². The first kappa shape index (κ1) is 9.01. The van der Waals surface area contributed by atoms with Crippen LogP contribution in [0.2, 0.25) is 0 Å². The Morgan fingerprint density at radius 2 is 2.30 bits per heavy atom. The van der Waals surface area contributed by atoms with Crippen LogP contribution < -0.4 is 5.73 Å². The lowest BCUT2D eigenvalue weighted by Crippen LogP contribution is -2.09. The minimum atomic E-state index is -0.266. The molecule has 0 fully saturated rings. The molecule has 58 valence electrons. The van der Waals surface area contributed by atoms with E-state index >= 15 is 0 Å². The molecule has 10 heavy (non-hydrogen) atoms. The van der Waals surface area contributed by atoms with Gasteiger partial charge in [0.15, 0.2) is 0 Å². The summed E-state index contributed by atoms with van der Waals surface area (Å²) in [6.07, 6.45) is 1.89. The van der Waals surface area contributed by atoms with Crippen molar-refractivity contribution in [3.63, 3.8) is 0 Å². The Morgan fingerprint density at radius 1 is 1.70 bits per heavy atom. The standard InChI is InChI=1S/C7H13NO2/c1-3-6(8)5-7(9)10-4-2/h3H,4-5,8H2,1-2H3/b6-3-. The molecule has 0 saturated heterocycles. The number of hydrogen-bond donors (Lipinski definition) is 1. The maximum Gasteiger partial charge on any atom is 0.311 e. The molecule has 3 nitrogen and oxygen atoms in total. The number of nitrogens with two attached hydrogens (primary N) is 1. The molecule has 0 atom stereocenters. The van der Waals surface area contributed by atoms with Crippen molar-refractivity contribution >= 4 is 5.97 Å². The van der Waals surface area contributed by atoms with Gasteiger partial charge in [0.25, 0.3) is 0 Å². The van der Waals surface area contributed by atoms with E-state index in [-0.39, 0.29) is 12.4 Å². The number of carbonyl (C=O) groups excluding carboxylic acids is 1. The Balaban J connectivity index is 3.58. The van der Waals surface area contributed by atoms with Gasteiger partial charge in [-0.3, -0.25) is 4.79 Å². The van der Waals surface area contributed by atoms with Gasteiger partial charge in [0, 0.05) is 5.70 Å². The highest BCUT2D eigenvalue weighted by atomic mass is 16.5. The predicted octanol–water partition coefficient (Wildman–Crippen LogP) is 0.802. The van der Waals surface area contributed by atoms with Crippen molar-refractivity contribution < 1.29 is 9.53 Å². The average Bonchev–Trinajstić information content (AvgIpc) is 1.88. The SMILES string of the molecule is C/C=C(\N)CC(=O)OCC. The van der Waals surface area contributed by atoms with Gasteiger partial charge in [-0.25, -0.2) is 0 Å². The van der Waals surface area contributed by atoms with E-state index in [4.69, 9.17) is 5.73 Å². The quantitative estimate of drug-likeness (QED) is 0.594. The van der Waals surface area contributed by atoms with Crippen molar-refractivity contribution in [2.45, 2.75) is 20.3 Å². The number of allylic oxidation sites excluding steroid dienone is 1. The van der Waals surface area contributed by atoms with E-state index in [0.29, 0.717) is 12.3 Å². The van der Waals surface area contributed by atoms with Crippen molar-refractivity contribution in [1.29, 1.82) is 0 Å². The van der Waals surface area contributed by atoms with Crippen LogP contribution in [-0.4, -0.2) is 12.6 Å². The van der Waals surface area contributed by atoms with Crippen LogP contribution >= 0.6 is 0 Å². The van der Waals surface area contributed by atoms with Gasteiger partial charge in [0.2, 0.25) is 0 Å². The lowest BCUT2D eigenvalue weighted by molar-refractivity contribution is -0.142. The number of ether oxygens (including phenoxy) is 1. The maximum absolute atomic E-state index is 10.7. The third kappa shape index (κ3) is 3.95. The van der Waals surface area contributed by atoms with Crippen molar-refractivity contribution in [3.05, 3.63) is 11.8 Å². The van der Waals surface area contributed by atoms with Gasteiger partial charge in [0.05, 0.1) is 13.0 Å². The van der Waals surface area contributed by atoms with Gasteiger partial charge in [-0.1, -0.05) is 6.08 Å². The molecule has 2 N–H and O–H groups in total. The first-order valence-electron chi connectivity index (χ1n) is 3.27. The van der Waals surface area contributed by atoms with Crippen molar-refractivity contribution in [2.24, 2.45) is 5.73 Å². The van der Waals surface area contributed by atoms with Gasteiger partial charge in [-0.15, -0.1) is 0 Å². The van der Waals surface area contributed by atoms with Crippen LogP contribution in [0.1, 0.15) is 20.3 Å². The summed E-state index contributed by atoms with van der Waals surface area (Å²) in [4.78, 5) is 10.7. The molecule has 0 aliphatic rings. The van der Waals surface area contributed by atoms with E-state index in [0.717, 1.165) is 0 Å². The predicted molar refractivity (Wildman–Crippen MR) is 39.2 cm³/mol. The molecule has 0 rings (SSSR count). The van der Waals surface area contributed by atoms with Gasteiger partial charge in [0.1, 0.15) is 0 Å². The number of carbonyl (C=O) groups is 1. The van der Waals surface area contributed by atoms with Crippen LogP contribution in [0.15, 0.2) is 11.8 Å². The van der Waals surface area contributed by atoms with Gasteiger partial charge in [-0.05, 0) is 13.8 Å². The second-order valence-electron chi connectivity index (χ2n) is 1.85. The fourth-order valence-corrected chi connectivity index (χ4v) is 0.481. The highest BCUT2D eigenvalue weighted by Gasteiger charge is 2.00. The molecule has 0 radical (unpaired) electrons. The number of rotatable bonds is 3. The van der Waals surface area contributed by atoms with Gasteiger partial charge < -0.3 is 10.5 Å². The summed E-state index contributed by atoms with van der Waals surface area (Å²) in [5.74, 6) is -0.266. The first-order chi connectivity index (χ1) is 4.70. The van der Waals surface area contributed by atoms with Crippen LogP contribution in [0.4, 0.5) is 0 Å². The molecule has 0 heterocycles. The zero-order valence-electron chi connectivity index (χ0n) is 6.39. The Morgan fingerprint density at radius 3 is 2.70 bits per heavy atom. The molecule has 0 aromatic rings. The Hall–Kier alpha value is -0.990. The summed E-state index contributed by atoms with van der Waals surface area (Å²) in [6, 6.07) is 0. The lowest BCUT2D eigenvalue weighted by atomic mass is 10.3. The highest BCUT2D eigenvalue weighted by Crippen LogP contribution is 1.94. The topological polar surface area (TPSA) is 52.3 Å². The minimum Gasteiger partial charge on any atom is -0.466 e. The normalized spacial score (nSPS) is 11.2. The zero-order chi connectivity index (χ0) is 7.98. The average molecular weight is 143 g/mol. The Kier molecular flexibility index (Phi) is 4.37. The third-order valence-electron chi connectivity index (χ3n) is 1.02. The molecule has 0 spiro atoms. The molecule has 0 saturated carbocycles. The van der Waals surface area contributed by atoms with Gasteiger partial charge >= 0.3 is 5.97 Å². The van der Waals surface area contributed by atoms with Crippen LogP contribution in [-0.2, 0) is 9.53 Å². The van der Waals surface area contributed by atoms with E-state index in [1.54, 1.807) is 19.9 Å². The zero-order valence-corrected chi connectivity index (χ0v) is 6.39.